The molecular formula is C22H24BrNO5. The van der Waals surface area contributed by atoms with Crippen LogP contribution in [0.5, 0.6) is 0 Å². The number of benzene rings is 2. The Bertz CT molecular complexity index is 1000. The molecule has 6 nitrogen and oxygen atoms in total. The molecule has 1 aromatic heterocycles. The minimum atomic E-state index is -1.42. The number of nitrogens with one attached hydrogen (secondary N) is 1. The number of aryl methyl sites for hydroxylation is 1. The quantitative estimate of drug-likeness (QED) is 0.410. The number of ether oxygens (including phenoxy) is 1. The van der Waals surface area contributed by atoms with Crippen LogP contribution in [0.4, 0.5) is 0 Å². The van der Waals surface area contributed by atoms with Crippen LogP contribution < -0.4 is 0 Å². The molecular weight excluding hydrogens is 438 g/mol. The van der Waals surface area contributed by atoms with E-state index in [1.807, 2.05) is 49.4 Å². The van der Waals surface area contributed by atoms with Crippen molar-refractivity contribution in [2.24, 2.45) is 0 Å². The average Bonchev–Trinajstić information content (AvgIpc) is 3.07. The lowest BCUT2D eigenvalue weighted by Gasteiger charge is -2.40. The van der Waals surface area contributed by atoms with Gasteiger partial charge in [0, 0.05) is 15.4 Å². The van der Waals surface area contributed by atoms with Crippen molar-refractivity contribution in [1.82, 2.24) is 4.98 Å². The summed E-state index contributed by atoms with van der Waals surface area (Å²) in [5.74, 6) is 0. The van der Waals surface area contributed by atoms with Crippen molar-refractivity contribution in [3.63, 3.8) is 0 Å². The van der Waals surface area contributed by atoms with Gasteiger partial charge in [-0.3, -0.25) is 0 Å². The number of hydrogen-bond donors (Lipinski definition) is 5. The monoisotopic (exact) mass is 461 g/mol. The van der Waals surface area contributed by atoms with Crippen LogP contribution >= 0.6 is 15.9 Å². The van der Waals surface area contributed by atoms with E-state index in [9.17, 15) is 20.4 Å². The number of aliphatic hydroxyl groups excluding tert-OH is 4. The molecule has 154 valence electrons. The van der Waals surface area contributed by atoms with Gasteiger partial charge in [-0.2, -0.15) is 0 Å². The Hall–Kier alpha value is -1.74. The van der Waals surface area contributed by atoms with E-state index in [4.69, 9.17) is 4.74 Å². The molecule has 7 heteroatoms. The summed E-state index contributed by atoms with van der Waals surface area (Å²) in [5, 5.41) is 41.6. The first-order valence-electron chi connectivity index (χ1n) is 9.55. The van der Waals surface area contributed by atoms with Gasteiger partial charge in [-0.1, -0.05) is 40.2 Å². The molecule has 4 rings (SSSR count). The van der Waals surface area contributed by atoms with Gasteiger partial charge in [0.05, 0.1) is 12.3 Å². The van der Waals surface area contributed by atoms with Crippen LogP contribution in [-0.2, 0) is 11.2 Å². The van der Waals surface area contributed by atoms with Crippen molar-refractivity contribution in [3.05, 3.63) is 69.3 Å². The molecule has 5 N–H and O–H groups in total. The average molecular weight is 462 g/mol. The van der Waals surface area contributed by atoms with E-state index >= 15 is 0 Å². The SMILES string of the molecule is Cc1cccc2[nH]c([C@@H]3O[C@H](CO)[C@@H](O)[C@H](O)[C@H]3O)c(Cc3ccc(Br)cc3)c12. The lowest BCUT2D eigenvalue weighted by Crippen LogP contribution is -2.55. The number of aromatic amines is 1. The van der Waals surface area contributed by atoms with Gasteiger partial charge in [-0.25, -0.2) is 0 Å². The summed E-state index contributed by atoms with van der Waals surface area (Å²) in [6.45, 7) is 1.57. The van der Waals surface area contributed by atoms with Gasteiger partial charge in [-0.05, 0) is 48.2 Å². The standard InChI is InChI=1S/C22H24BrNO5/c1-11-3-2-4-15-17(11)14(9-12-5-7-13(23)8-6-12)18(24-15)22-21(28)20(27)19(26)16(10-25)29-22/h2-8,16,19-22,24-28H,9-10H2,1H3/t16-,19-,20+,21-,22+/m1/s1. The minimum absolute atomic E-state index is 0.456. The second-order valence-electron chi connectivity index (χ2n) is 7.57. The summed E-state index contributed by atoms with van der Waals surface area (Å²) >= 11 is 3.45. The van der Waals surface area contributed by atoms with Crippen molar-refractivity contribution >= 4 is 26.8 Å². The highest BCUT2D eigenvalue weighted by atomic mass is 79.9. The summed E-state index contributed by atoms with van der Waals surface area (Å²) in [7, 11) is 0. The fourth-order valence-electron chi connectivity index (χ4n) is 4.10. The fraction of sp³-hybridized carbons (Fsp3) is 0.364. The molecule has 1 saturated heterocycles. The molecule has 2 heterocycles. The fourth-order valence-corrected chi connectivity index (χ4v) is 4.37. The lowest BCUT2D eigenvalue weighted by molar-refractivity contribution is -0.232. The topological polar surface area (TPSA) is 106 Å². The number of fused-ring (bicyclic) bond motifs is 1. The summed E-state index contributed by atoms with van der Waals surface area (Å²) in [5.41, 5.74) is 4.69. The smallest absolute Gasteiger partial charge is 0.127 e. The number of H-pyrrole nitrogens is 1. The second kappa shape index (κ2) is 8.18. The summed E-state index contributed by atoms with van der Waals surface area (Å²) < 4.78 is 6.83. The number of hydrogen-bond acceptors (Lipinski definition) is 5. The first-order valence-corrected chi connectivity index (χ1v) is 10.3. The zero-order chi connectivity index (χ0) is 20.7. The summed E-state index contributed by atoms with van der Waals surface area (Å²) in [6, 6.07) is 13.9. The summed E-state index contributed by atoms with van der Waals surface area (Å²) in [6.07, 6.45) is -5.38. The second-order valence-corrected chi connectivity index (χ2v) is 8.48. The van der Waals surface area contributed by atoms with E-state index in [1.165, 1.54) is 0 Å². The Morgan fingerprint density at radius 1 is 1.00 bits per heavy atom. The molecule has 0 amide bonds. The van der Waals surface area contributed by atoms with Crippen LogP contribution in [0.3, 0.4) is 0 Å². The molecule has 0 radical (unpaired) electrons. The van der Waals surface area contributed by atoms with Crippen molar-refractivity contribution in [1.29, 1.82) is 0 Å². The molecule has 5 atom stereocenters. The highest BCUT2D eigenvalue weighted by Gasteiger charge is 2.45. The van der Waals surface area contributed by atoms with Gasteiger partial charge in [0.25, 0.3) is 0 Å². The van der Waals surface area contributed by atoms with Gasteiger partial charge in [0.1, 0.15) is 30.5 Å². The molecule has 0 saturated carbocycles. The zero-order valence-electron chi connectivity index (χ0n) is 15.9. The Morgan fingerprint density at radius 3 is 2.41 bits per heavy atom. The third-order valence-electron chi connectivity index (χ3n) is 5.64. The summed E-state index contributed by atoms with van der Waals surface area (Å²) in [4.78, 5) is 3.35. The van der Waals surface area contributed by atoms with Crippen molar-refractivity contribution in [2.45, 2.75) is 43.9 Å². The molecule has 1 fully saturated rings. The maximum atomic E-state index is 10.7. The van der Waals surface area contributed by atoms with E-state index < -0.39 is 37.1 Å². The van der Waals surface area contributed by atoms with Crippen LogP contribution in [0, 0.1) is 6.92 Å². The maximum Gasteiger partial charge on any atom is 0.127 e. The molecule has 2 aromatic carbocycles. The first kappa shape index (κ1) is 20.5. The van der Waals surface area contributed by atoms with Gasteiger partial charge in [0.2, 0.25) is 0 Å². The Labute approximate surface area is 176 Å². The number of aliphatic hydroxyl groups is 4. The normalized spacial score (nSPS) is 27.4. The Morgan fingerprint density at radius 2 is 1.72 bits per heavy atom. The first-order chi connectivity index (χ1) is 13.9. The molecule has 29 heavy (non-hydrogen) atoms. The van der Waals surface area contributed by atoms with Gasteiger partial charge < -0.3 is 30.1 Å². The predicted molar refractivity (Wildman–Crippen MR) is 113 cm³/mol. The number of rotatable bonds is 4. The molecule has 0 spiro atoms. The van der Waals surface area contributed by atoms with E-state index in [0.717, 1.165) is 32.1 Å². The van der Waals surface area contributed by atoms with E-state index in [1.54, 1.807) is 0 Å². The van der Waals surface area contributed by atoms with Crippen molar-refractivity contribution in [2.75, 3.05) is 6.61 Å². The van der Waals surface area contributed by atoms with E-state index in [-0.39, 0.29) is 0 Å². The van der Waals surface area contributed by atoms with Gasteiger partial charge >= 0.3 is 0 Å². The molecule has 0 bridgehead atoms. The van der Waals surface area contributed by atoms with E-state index in [2.05, 4.69) is 20.9 Å². The van der Waals surface area contributed by atoms with Crippen LogP contribution in [0.1, 0.15) is 28.5 Å². The van der Waals surface area contributed by atoms with Crippen LogP contribution in [0.15, 0.2) is 46.9 Å². The van der Waals surface area contributed by atoms with Gasteiger partial charge in [0.15, 0.2) is 0 Å². The number of halogens is 1. The highest BCUT2D eigenvalue weighted by Crippen LogP contribution is 2.38. The van der Waals surface area contributed by atoms with Crippen molar-refractivity contribution < 1.29 is 25.2 Å². The van der Waals surface area contributed by atoms with Crippen LogP contribution in [0.2, 0.25) is 0 Å². The minimum Gasteiger partial charge on any atom is -0.394 e. The molecule has 1 aliphatic heterocycles. The third kappa shape index (κ3) is 3.74. The lowest BCUT2D eigenvalue weighted by atomic mass is 9.90. The van der Waals surface area contributed by atoms with Gasteiger partial charge in [-0.15, -0.1) is 0 Å². The van der Waals surface area contributed by atoms with Crippen molar-refractivity contribution in [3.8, 4) is 0 Å². The molecule has 1 aliphatic rings. The predicted octanol–water partition coefficient (Wildman–Crippen LogP) is 2.34. The highest BCUT2D eigenvalue weighted by molar-refractivity contribution is 9.10. The van der Waals surface area contributed by atoms with E-state index in [0.29, 0.717) is 12.1 Å². The largest absolute Gasteiger partial charge is 0.394 e. The Balaban J connectivity index is 1.83. The molecule has 0 unspecified atom stereocenters. The Kier molecular flexibility index (Phi) is 5.79. The zero-order valence-corrected chi connectivity index (χ0v) is 17.5. The maximum absolute atomic E-state index is 10.7. The molecule has 3 aromatic rings. The number of aromatic nitrogens is 1. The van der Waals surface area contributed by atoms with Crippen LogP contribution in [-0.4, -0.2) is 56.4 Å². The molecule has 0 aliphatic carbocycles. The van der Waals surface area contributed by atoms with Crippen LogP contribution in [0.25, 0.3) is 10.9 Å². The third-order valence-corrected chi connectivity index (χ3v) is 6.17.